The number of nitrogens with one attached hydrogen (secondary N) is 2. The molecule has 3 heterocycles. The number of imidazole rings is 1. The predicted molar refractivity (Wildman–Crippen MR) is 104 cm³/mol. The van der Waals surface area contributed by atoms with Gasteiger partial charge in [-0.05, 0) is 18.6 Å². The van der Waals surface area contributed by atoms with Crippen LogP contribution in [0.2, 0.25) is 0 Å². The molecule has 4 rings (SSSR count). The molecule has 8 heteroatoms. The quantitative estimate of drug-likeness (QED) is 0.829. The fourth-order valence-electron chi connectivity index (χ4n) is 4.01. The number of para-hydroxylation sites is 1. The standard InChI is InChI=1S/C20H25N5O3/c1-14-5-3-4-6-15(14)23-19(27)24-10-7-20(8-11-24)18-22-9-12-25(18)13-16(28-20)17(26)21-2/h3-6,9,12,16H,7-8,10-11,13H2,1-2H3,(H,21,26)(H,23,27). The Labute approximate surface area is 163 Å². The number of likely N-dealkylation sites (N-methyl/N-ethyl adjacent to an activating group) is 1. The third-order valence-electron chi connectivity index (χ3n) is 5.64. The van der Waals surface area contributed by atoms with Gasteiger partial charge in [0.15, 0.2) is 6.10 Å². The third-order valence-corrected chi connectivity index (χ3v) is 5.64. The van der Waals surface area contributed by atoms with E-state index in [1.54, 1.807) is 18.1 Å². The van der Waals surface area contributed by atoms with E-state index in [2.05, 4.69) is 15.6 Å². The van der Waals surface area contributed by atoms with Crippen LogP contribution >= 0.6 is 0 Å². The van der Waals surface area contributed by atoms with Crippen molar-refractivity contribution in [2.45, 2.75) is 38.0 Å². The number of nitrogens with zero attached hydrogens (tertiary/aromatic N) is 3. The monoisotopic (exact) mass is 383 g/mol. The Morgan fingerprint density at radius 1 is 1.25 bits per heavy atom. The van der Waals surface area contributed by atoms with E-state index < -0.39 is 11.7 Å². The molecule has 1 fully saturated rings. The molecule has 2 aliphatic rings. The summed E-state index contributed by atoms with van der Waals surface area (Å²) < 4.78 is 8.26. The second kappa shape index (κ2) is 7.27. The molecule has 8 nitrogen and oxygen atoms in total. The van der Waals surface area contributed by atoms with Gasteiger partial charge in [-0.3, -0.25) is 4.79 Å². The molecule has 0 bridgehead atoms. The number of ether oxygens (including phenoxy) is 1. The minimum absolute atomic E-state index is 0.119. The number of likely N-dealkylation sites (tertiary alicyclic amines) is 1. The molecule has 1 aromatic heterocycles. The number of urea groups is 1. The molecule has 0 saturated carbocycles. The minimum Gasteiger partial charge on any atom is -0.357 e. The minimum atomic E-state index is -0.641. The van der Waals surface area contributed by atoms with Crippen LogP contribution in [0.5, 0.6) is 0 Å². The Morgan fingerprint density at radius 3 is 2.71 bits per heavy atom. The zero-order valence-corrected chi connectivity index (χ0v) is 16.1. The van der Waals surface area contributed by atoms with Gasteiger partial charge in [-0.25, -0.2) is 9.78 Å². The van der Waals surface area contributed by atoms with E-state index in [1.165, 1.54) is 0 Å². The Hall–Kier alpha value is -2.87. The predicted octanol–water partition coefficient (Wildman–Crippen LogP) is 1.86. The molecule has 2 aliphatic heterocycles. The van der Waals surface area contributed by atoms with Crippen LogP contribution in [-0.2, 0) is 21.7 Å². The second-order valence-corrected chi connectivity index (χ2v) is 7.35. The van der Waals surface area contributed by atoms with E-state index in [9.17, 15) is 9.59 Å². The van der Waals surface area contributed by atoms with E-state index >= 15 is 0 Å². The maximum Gasteiger partial charge on any atom is 0.321 e. The average molecular weight is 383 g/mol. The summed E-state index contributed by atoms with van der Waals surface area (Å²) in [4.78, 5) is 31.2. The SMILES string of the molecule is CNC(=O)C1Cn2ccnc2C2(CCN(C(=O)Nc3ccccc3C)CC2)O1. The molecule has 2 aromatic rings. The van der Waals surface area contributed by atoms with Crippen LogP contribution in [0.1, 0.15) is 24.2 Å². The van der Waals surface area contributed by atoms with Gasteiger partial charge in [-0.15, -0.1) is 0 Å². The first kappa shape index (κ1) is 18.5. The van der Waals surface area contributed by atoms with E-state index in [0.29, 0.717) is 32.5 Å². The number of aromatic nitrogens is 2. The molecule has 3 amide bonds. The molecule has 2 N–H and O–H groups in total. The first-order chi connectivity index (χ1) is 13.5. The van der Waals surface area contributed by atoms with Crippen molar-refractivity contribution in [2.75, 3.05) is 25.5 Å². The van der Waals surface area contributed by atoms with Crippen LogP contribution in [0.4, 0.5) is 10.5 Å². The van der Waals surface area contributed by atoms with Gasteiger partial charge in [-0.1, -0.05) is 18.2 Å². The van der Waals surface area contributed by atoms with Gasteiger partial charge in [-0.2, -0.15) is 0 Å². The number of benzene rings is 1. The molecule has 148 valence electrons. The highest BCUT2D eigenvalue weighted by Crippen LogP contribution is 2.40. The molecule has 0 radical (unpaired) electrons. The normalized spacial score (nSPS) is 20.5. The van der Waals surface area contributed by atoms with E-state index in [0.717, 1.165) is 17.1 Å². The average Bonchev–Trinajstić information content (AvgIpc) is 3.19. The molecule has 28 heavy (non-hydrogen) atoms. The summed E-state index contributed by atoms with van der Waals surface area (Å²) >= 11 is 0. The van der Waals surface area contributed by atoms with Crippen LogP contribution in [-0.4, -0.2) is 52.6 Å². The lowest BCUT2D eigenvalue weighted by atomic mass is 9.88. The van der Waals surface area contributed by atoms with Crippen molar-refractivity contribution in [2.24, 2.45) is 0 Å². The first-order valence-electron chi connectivity index (χ1n) is 9.55. The summed E-state index contributed by atoms with van der Waals surface area (Å²) in [6.07, 6.45) is 4.26. The topological polar surface area (TPSA) is 88.5 Å². The van der Waals surface area contributed by atoms with E-state index in [-0.39, 0.29) is 11.9 Å². The Bertz CT molecular complexity index is 885. The third kappa shape index (κ3) is 3.24. The maximum absolute atomic E-state index is 12.7. The summed E-state index contributed by atoms with van der Waals surface area (Å²) in [6, 6.07) is 7.60. The van der Waals surface area contributed by atoms with E-state index in [1.807, 2.05) is 42.0 Å². The Balaban J connectivity index is 1.48. The van der Waals surface area contributed by atoms with Crippen molar-refractivity contribution < 1.29 is 14.3 Å². The van der Waals surface area contributed by atoms with Gasteiger partial charge in [0.05, 0.1) is 6.54 Å². The van der Waals surface area contributed by atoms with Crippen molar-refractivity contribution >= 4 is 17.6 Å². The number of carbonyl (C=O) groups excluding carboxylic acids is 2. The lowest BCUT2D eigenvalue weighted by Crippen LogP contribution is -2.54. The summed E-state index contributed by atoms with van der Waals surface area (Å²) in [6.45, 7) is 3.49. The van der Waals surface area contributed by atoms with Gasteiger partial charge in [0.2, 0.25) is 0 Å². The number of fused-ring (bicyclic) bond motifs is 2. The Morgan fingerprint density at radius 2 is 2.00 bits per heavy atom. The number of anilines is 1. The van der Waals surface area contributed by atoms with Crippen LogP contribution in [0, 0.1) is 6.92 Å². The largest absolute Gasteiger partial charge is 0.357 e. The first-order valence-corrected chi connectivity index (χ1v) is 9.55. The summed E-state index contributed by atoms with van der Waals surface area (Å²) in [5.41, 5.74) is 1.20. The lowest BCUT2D eigenvalue weighted by molar-refractivity contribution is -0.171. The number of hydrogen-bond donors (Lipinski definition) is 2. The number of amides is 3. The second-order valence-electron chi connectivity index (χ2n) is 7.35. The smallest absolute Gasteiger partial charge is 0.321 e. The molecule has 1 spiro atoms. The summed E-state index contributed by atoms with van der Waals surface area (Å²) in [5, 5.41) is 5.65. The molecule has 0 aliphatic carbocycles. The van der Waals surface area contributed by atoms with Gasteiger partial charge in [0.25, 0.3) is 5.91 Å². The van der Waals surface area contributed by atoms with Crippen molar-refractivity contribution in [3.63, 3.8) is 0 Å². The van der Waals surface area contributed by atoms with Crippen LogP contribution < -0.4 is 10.6 Å². The number of rotatable bonds is 2. The maximum atomic E-state index is 12.7. The molecule has 1 aromatic carbocycles. The van der Waals surface area contributed by atoms with Crippen LogP contribution in [0.3, 0.4) is 0 Å². The highest BCUT2D eigenvalue weighted by Gasteiger charge is 2.47. The van der Waals surface area contributed by atoms with Crippen molar-refractivity contribution in [1.29, 1.82) is 0 Å². The molecule has 1 unspecified atom stereocenters. The van der Waals surface area contributed by atoms with Gasteiger partial charge >= 0.3 is 6.03 Å². The van der Waals surface area contributed by atoms with Crippen molar-refractivity contribution in [3.05, 3.63) is 48.0 Å². The fourth-order valence-corrected chi connectivity index (χ4v) is 4.01. The molecular weight excluding hydrogens is 358 g/mol. The van der Waals surface area contributed by atoms with Gasteiger partial charge in [0, 0.05) is 51.1 Å². The van der Waals surface area contributed by atoms with Crippen LogP contribution in [0.25, 0.3) is 0 Å². The molecule has 1 saturated heterocycles. The lowest BCUT2D eigenvalue weighted by Gasteiger charge is -2.45. The van der Waals surface area contributed by atoms with Crippen molar-refractivity contribution in [1.82, 2.24) is 19.8 Å². The van der Waals surface area contributed by atoms with Gasteiger partial charge in [0.1, 0.15) is 11.4 Å². The highest BCUT2D eigenvalue weighted by atomic mass is 16.5. The number of hydrogen-bond acceptors (Lipinski definition) is 4. The van der Waals surface area contributed by atoms with Gasteiger partial charge < -0.3 is 24.8 Å². The zero-order valence-electron chi connectivity index (χ0n) is 16.1. The highest BCUT2D eigenvalue weighted by molar-refractivity contribution is 5.90. The summed E-state index contributed by atoms with van der Waals surface area (Å²) in [7, 11) is 1.61. The number of piperidine rings is 1. The van der Waals surface area contributed by atoms with Crippen LogP contribution in [0.15, 0.2) is 36.7 Å². The fraction of sp³-hybridized carbons (Fsp3) is 0.450. The zero-order chi connectivity index (χ0) is 19.7. The Kier molecular flexibility index (Phi) is 4.80. The van der Waals surface area contributed by atoms with Crippen molar-refractivity contribution in [3.8, 4) is 0 Å². The molecule has 1 atom stereocenters. The van der Waals surface area contributed by atoms with E-state index in [4.69, 9.17) is 4.74 Å². The summed E-state index contributed by atoms with van der Waals surface area (Å²) in [5.74, 6) is 0.699. The number of carbonyl (C=O) groups is 2. The number of aryl methyl sites for hydroxylation is 1. The molecular formula is C20H25N5O3.